The van der Waals surface area contributed by atoms with Gasteiger partial charge in [-0.15, -0.1) is 0 Å². The lowest BCUT2D eigenvalue weighted by molar-refractivity contribution is -0.120. The van der Waals surface area contributed by atoms with E-state index < -0.39 is 5.72 Å². The summed E-state index contributed by atoms with van der Waals surface area (Å²) < 4.78 is 6.80. The minimum atomic E-state index is -0.779. The van der Waals surface area contributed by atoms with E-state index in [1.807, 2.05) is 30.3 Å². The highest BCUT2D eigenvalue weighted by Crippen LogP contribution is 2.55. The average Bonchev–Trinajstić information content (AvgIpc) is 2.92. The number of rotatable bonds is 2. The van der Waals surface area contributed by atoms with Crippen LogP contribution in [0, 0.1) is 0 Å². The van der Waals surface area contributed by atoms with E-state index in [1.165, 1.54) is 16.3 Å². The first-order chi connectivity index (χ1) is 14.0. The largest absolute Gasteiger partial charge is 0.463 e. The number of para-hydroxylation sites is 1. The van der Waals surface area contributed by atoms with Gasteiger partial charge in [0.05, 0.1) is 5.41 Å². The van der Waals surface area contributed by atoms with Gasteiger partial charge in [0.25, 0.3) is 0 Å². The van der Waals surface area contributed by atoms with Crippen LogP contribution in [0.15, 0.2) is 66.7 Å². The molecule has 2 heterocycles. The Morgan fingerprint density at radius 2 is 1.79 bits per heavy atom. The second-order valence-electron chi connectivity index (χ2n) is 8.23. The van der Waals surface area contributed by atoms with E-state index in [0.29, 0.717) is 0 Å². The van der Waals surface area contributed by atoms with E-state index in [4.69, 9.17) is 4.74 Å². The number of hydrogen-bond acceptors (Lipinski definition) is 3. The lowest BCUT2D eigenvalue weighted by atomic mass is 9.76. The maximum absolute atomic E-state index is 12.4. The number of amides is 1. The molecule has 2 aliphatic rings. The lowest BCUT2D eigenvalue weighted by Gasteiger charge is -2.47. The minimum Gasteiger partial charge on any atom is -0.463 e. The minimum absolute atomic E-state index is 0.0433. The number of carbonyl (C=O) groups excluding carboxylic acids is 1. The van der Waals surface area contributed by atoms with Gasteiger partial charge in [-0.3, -0.25) is 4.79 Å². The van der Waals surface area contributed by atoms with E-state index >= 15 is 0 Å². The van der Waals surface area contributed by atoms with Crippen molar-refractivity contribution in [1.82, 2.24) is 5.32 Å². The summed E-state index contributed by atoms with van der Waals surface area (Å²) in [6, 6.07) is 20.7. The fraction of sp³-hybridized carbons (Fsp3) is 0.240. The van der Waals surface area contributed by atoms with Crippen LogP contribution < -0.4 is 15.0 Å². The quantitative estimate of drug-likeness (QED) is 0.708. The average molecular weight is 384 g/mol. The van der Waals surface area contributed by atoms with Crippen molar-refractivity contribution in [1.29, 1.82) is 0 Å². The van der Waals surface area contributed by atoms with Crippen LogP contribution in [0.3, 0.4) is 0 Å². The Morgan fingerprint density at radius 1 is 1.03 bits per heavy atom. The van der Waals surface area contributed by atoms with Crippen LogP contribution in [-0.2, 0) is 10.2 Å². The van der Waals surface area contributed by atoms with Gasteiger partial charge in [-0.05, 0) is 54.5 Å². The van der Waals surface area contributed by atoms with Crippen molar-refractivity contribution in [2.75, 3.05) is 18.5 Å². The molecule has 1 amide bonds. The molecule has 3 aromatic rings. The number of nitrogens with zero attached hydrogens (tertiary/aromatic N) is 1. The highest BCUT2D eigenvalue weighted by Gasteiger charge is 2.59. The van der Waals surface area contributed by atoms with Gasteiger partial charge in [-0.25, -0.2) is 0 Å². The third-order valence-electron chi connectivity index (χ3n) is 6.42. The van der Waals surface area contributed by atoms with Crippen LogP contribution in [0.2, 0.25) is 0 Å². The molecule has 4 heteroatoms. The summed E-state index contributed by atoms with van der Waals surface area (Å²) in [7, 11) is 1.67. The number of likely N-dealkylation sites (N-methyl/N-ethyl adjacent to an activating group) is 1. The number of ether oxygens (including phenoxy) is 1. The molecular formula is C25H24N2O2. The molecule has 2 aliphatic heterocycles. The fourth-order valence-electron chi connectivity index (χ4n) is 4.79. The Balaban J connectivity index is 1.70. The Hall–Kier alpha value is -3.27. The molecule has 0 fully saturated rings. The second-order valence-corrected chi connectivity index (χ2v) is 8.23. The van der Waals surface area contributed by atoms with Crippen molar-refractivity contribution < 1.29 is 9.53 Å². The first-order valence-electron chi connectivity index (χ1n) is 9.96. The zero-order valence-electron chi connectivity index (χ0n) is 16.9. The zero-order chi connectivity index (χ0) is 20.2. The molecule has 1 N–H and O–H groups in total. The number of hydrogen-bond donors (Lipinski definition) is 1. The van der Waals surface area contributed by atoms with Crippen molar-refractivity contribution >= 4 is 28.4 Å². The Morgan fingerprint density at radius 3 is 2.62 bits per heavy atom. The van der Waals surface area contributed by atoms with E-state index in [0.717, 1.165) is 17.0 Å². The van der Waals surface area contributed by atoms with Gasteiger partial charge in [-0.2, -0.15) is 0 Å². The smallest absolute Gasteiger partial charge is 0.239 e. The van der Waals surface area contributed by atoms with Crippen molar-refractivity contribution in [3.8, 4) is 5.75 Å². The Bertz CT molecular complexity index is 1160. The van der Waals surface area contributed by atoms with Crippen molar-refractivity contribution in [2.24, 2.45) is 0 Å². The molecule has 0 saturated carbocycles. The van der Waals surface area contributed by atoms with Gasteiger partial charge in [-0.1, -0.05) is 48.5 Å². The topological polar surface area (TPSA) is 41.6 Å². The molecular weight excluding hydrogens is 360 g/mol. The number of carbonyl (C=O) groups is 1. The number of nitrogens with one attached hydrogen (secondary N) is 1. The number of fused-ring (bicyclic) bond motifs is 4. The predicted molar refractivity (Wildman–Crippen MR) is 117 cm³/mol. The van der Waals surface area contributed by atoms with E-state index in [2.05, 4.69) is 66.5 Å². The van der Waals surface area contributed by atoms with Crippen LogP contribution in [-0.4, -0.2) is 25.2 Å². The monoisotopic (exact) mass is 384 g/mol. The summed E-state index contributed by atoms with van der Waals surface area (Å²) >= 11 is 0. The SMILES string of the molecule is CNC(=O)CN1c2ccccc2C(C)(C)[C@@]12C=Cc1c(ccc3ccccc13)O2. The predicted octanol–water partition coefficient (Wildman–Crippen LogP) is 4.49. The van der Waals surface area contributed by atoms with Crippen LogP contribution in [0.4, 0.5) is 5.69 Å². The highest BCUT2D eigenvalue weighted by atomic mass is 16.5. The van der Waals surface area contributed by atoms with Gasteiger partial charge in [0.1, 0.15) is 12.3 Å². The van der Waals surface area contributed by atoms with Crippen molar-refractivity contribution in [2.45, 2.75) is 25.0 Å². The summed E-state index contributed by atoms with van der Waals surface area (Å²) in [6.07, 6.45) is 4.29. The molecule has 5 rings (SSSR count). The van der Waals surface area contributed by atoms with E-state index in [-0.39, 0.29) is 17.9 Å². The standard InChI is InChI=1S/C25H24N2O2/c1-24(2)20-10-6-7-11-21(20)27(16-23(28)26-3)25(24)15-14-19-18-9-5-4-8-17(18)12-13-22(19)29-25/h4-15H,16H2,1-3H3,(H,26,28)/t25-/m0/s1. The summed E-state index contributed by atoms with van der Waals surface area (Å²) in [5.74, 6) is 0.798. The number of anilines is 1. The summed E-state index contributed by atoms with van der Waals surface area (Å²) in [6.45, 7) is 4.60. The van der Waals surface area contributed by atoms with Crippen molar-refractivity contribution in [3.05, 3.63) is 77.9 Å². The molecule has 0 saturated heterocycles. The van der Waals surface area contributed by atoms with Gasteiger partial charge < -0.3 is 15.0 Å². The molecule has 146 valence electrons. The normalized spacial score (nSPS) is 21.0. The molecule has 1 spiro atoms. The van der Waals surface area contributed by atoms with Crippen LogP contribution in [0.5, 0.6) is 5.75 Å². The van der Waals surface area contributed by atoms with Crippen LogP contribution in [0.25, 0.3) is 16.8 Å². The van der Waals surface area contributed by atoms with Gasteiger partial charge >= 0.3 is 0 Å². The fourth-order valence-corrected chi connectivity index (χ4v) is 4.79. The van der Waals surface area contributed by atoms with Crippen LogP contribution in [0.1, 0.15) is 25.0 Å². The summed E-state index contributed by atoms with van der Waals surface area (Å²) in [5, 5.41) is 5.11. The number of benzene rings is 3. The lowest BCUT2D eigenvalue weighted by Crippen LogP contribution is -2.61. The third-order valence-corrected chi connectivity index (χ3v) is 6.42. The van der Waals surface area contributed by atoms with Crippen molar-refractivity contribution in [3.63, 3.8) is 0 Å². The molecule has 1 atom stereocenters. The zero-order valence-corrected chi connectivity index (χ0v) is 16.9. The van der Waals surface area contributed by atoms with E-state index in [1.54, 1.807) is 7.05 Å². The Labute approximate surface area is 170 Å². The molecule has 0 bridgehead atoms. The van der Waals surface area contributed by atoms with Gasteiger partial charge in [0, 0.05) is 18.3 Å². The Kier molecular flexibility index (Phi) is 3.75. The van der Waals surface area contributed by atoms with E-state index in [9.17, 15) is 4.79 Å². The van der Waals surface area contributed by atoms with Gasteiger partial charge in [0.15, 0.2) is 0 Å². The molecule has 3 aromatic carbocycles. The molecule has 29 heavy (non-hydrogen) atoms. The first kappa shape index (κ1) is 17.8. The summed E-state index contributed by atoms with van der Waals surface area (Å²) in [5.41, 5.74) is 2.17. The third kappa shape index (κ3) is 2.35. The summed E-state index contributed by atoms with van der Waals surface area (Å²) in [4.78, 5) is 14.5. The molecule has 0 aliphatic carbocycles. The highest BCUT2D eigenvalue weighted by molar-refractivity contribution is 5.94. The van der Waals surface area contributed by atoms with Gasteiger partial charge in [0.2, 0.25) is 11.6 Å². The second kappa shape index (κ2) is 6.11. The maximum Gasteiger partial charge on any atom is 0.239 e. The molecule has 0 aromatic heterocycles. The molecule has 0 radical (unpaired) electrons. The van der Waals surface area contributed by atoms with Crippen LogP contribution >= 0.6 is 0 Å². The molecule has 4 nitrogen and oxygen atoms in total. The maximum atomic E-state index is 12.4. The molecule has 0 unspecified atom stereocenters. The first-order valence-corrected chi connectivity index (χ1v) is 9.96.